The molecule has 6 heteroatoms. The standard InChI is InChI=1S/C16H21NO5/c1-10(2)17(8-15(18)19)16(20)12-6-11-7-13(21-3)4-5-14(11)22-9-12/h4-5,7,10,12H,6,8-9H2,1-3H3,(H,18,19). The van der Waals surface area contributed by atoms with Gasteiger partial charge in [-0.05, 0) is 44.0 Å². The van der Waals surface area contributed by atoms with E-state index in [1.54, 1.807) is 7.11 Å². The van der Waals surface area contributed by atoms with Crippen LogP contribution < -0.4 is 9.47 Å². The number of carboxylic acids is 1. The largest absolute Gasteiger partial charge is 0.497 e. The summed E-state index contributed by atoms with van der Waals surface area (Å²) in [5.41, 5.74) is 0.906. The second kappa shape index (κ2) is 6.68. The molecular formula is C16H21NO5. The van der Waals surface area contributed by atoms with Gasteiger partial charge >= 0.3 is 5.97 Å². The van der Waals surface area contributed by atoms with Crippen molar-refractivity contribution in [1.29, 1.82) is 0 Å². The van der Waals surface area contributed by atoms with Gasteiger partial charge in [-0.15, -0.1) is 0 Å². The summed E-state index contributed by atoms with van der Waals surface area (Å²) in [5, 5.41) is 8.96. The number of ether oxygens (including phenoxy) is 2. The maximum atomic E-state index is 12.6. The third kappa shape index (κ3) is 3.50. The molecule has 1 aromatic rings. The zero-order valence-electron chi connectivity index (χ0n) is 13.0. The zero-order valence-corrected chi connectivity index (χ0v) is 13.0. The fraction of sp³-hybridized carbons (Fsp3) is 0.500. The maximum absolute atomic E-state index is 12.6. The summed E-state index contributed by atoms with van der Waals surface area (Å²) in [6.07, 6.45) is 0.522. The second-order valence-corrected chi connectivity index (χ2v) is 5.64. The van der Waals surface area contributed by atoms with Gasteiger partial charge in [0.2, 0.25) is 5.91 Å². The molecule has 0 spiro atoms. The van der Waals surface area contributed by atoms with Crippen LogP contribution in [-0.4, -0.2) is 48.2 Å². The van der Waals surface area contributed by atoms with Crippen molar-refractivity contribution in [2.45, 2.75) is 26.3 Å². The lowest BCUT2D eigenvalue weighted by molar-refractivity contribution is -0.148. The van der Waals surface area contributed by atoms with Crippen LogP contribution in [0.2, 0.25) is 0 Å². The van der Waals surface area contributed by atoms with Gasteiger partial charge in [-0.1, -0.05) is 0 Å². The van der Waals surface area contributed by atoms with Gasteiger partial charge in [0.15, 0.2) is 0 Å². The van der Waals surface area contributed by atoms with E-state index in [0.717, 1.165) is 11.3 Å². The van der Waals surface area contributed by atoms with Crippen LogP contribution in [0.5, 0.6) is 11.5 Å². The molecule has 0 fully saturated rings. The van der Waals surface area contributed by atoms with Gasteiger partial charge in [0.05, 0.1) is 13.0 Å². The Bertz CT molecular complexity index is 570. The van der Waals surface area contributed by atoms with Gasteiger partial charge in [-0.2, -0.15) is 0 Å². The van der Waals surface area contributed by atoms with E-state index in [-0.39, 0.29) is 31.0 Å². The molecule has 0 saturated heterocycles. The van der Waals surface area contributed by atoms with Gasteiger partial charge < -0.3 is 19.5 Å². The van der Waals surface area contributed by atoms with Crippen LogP contribution in [0.1, 0.15) is 19.4 Å². The minimum Gasteiger partial charge on any atom is -0.497 e. The van der Waals surface area contributed by atoms with E-state index in [2.05, 4.69) is 0 Å². The molecule has 0 radical (unpaired) electrons. The molecule has 1 amide bonds. The van der Waals surface area contributed by atoms with Crippen LogP contribution in [0, 0.1) is 5.92 Å². The molecule has 0 bridgehead atoms. The predicted molar refractivity (Wildman–Crippen MR) is 80.2 cm³/mol. The Labute approximate surface area is 129 Å². The minimum absolute atomic E-state index is 0.171. The van der Waals surface area contributed by atoms with Crippen molar-refractivity contribution in [3.8, 4) is 11.5 Å². The van der Waals surface area contributed by atoms with Gasteiger partial charge in [0.25, 0.3) is 0 Å². The van der Waals surface area contributed by atoms with Crippen molar-refractivity contribution in [3.05, 3.63) is 23.8 Å². The summed E-state index contributed by atoms with van der Waals surface area (Å²) in [6, 6.07) is 5.32. The van der Waals surface area contributed by atoms with Crippen molar-refractivity contribution in [2.75, 3.05) is 20.3 Å². The monoisotopic (exact) mass is 307 g/mol. The number of benzene rings is 1. The summed E-state index contributed by atoms with van der Waals surface area (Å²) in [5.74, 6) is -0.117. The molecule has 1 aromatic carbocycles. The fourth-order valence-electron chi connectivity index (χ4n) is 2.55. The van der Waals surface area contributed by atoms with E-state index in [0.29, 0.717) is 12.2 Å². The molecule has 0 saturated carbocycles. The van der Waals surface area contributed by atoms with Gasteiger partial charge in [-0.3, -0.25) is 9.59 Å². The summed E-state index contributed by atoms with van der Waals surface area (Å²) in [7, 11) is 1.58. The summed E-state index contributed by atoms with van der Waals surface area (Å²) in [6.45, 7) is 3.59. The molecule has 22 heavy (non-hydrogen) atoms. The quantitative estimate of drug-likeness (QED) is 0.893. The lowest BCUT2D eigenvalue weighted by atomic mass is 9.95. The third-order valence-corrected chi connectivity index (χ3v) is 3.74. The Hall–Kier alpha value is -2.24. The number of amides is 1. The molecule has 1 aliphatic heterocycles. The van der Waals surface area contributed by atoms with Crippen molar-refractivity contribution in [3.63, 3.8) is 0 Å². The zero-order chi connectivity index (χ0) is 16.3. The molecule has 1 N–H and O–H groups in total. The fourth-order valence-corrected chi connectivity index (χ4v) is 2.55. The van der Waals surface area contributed by atoms with Crippen molar-refractivity contribution >= 4 is 11.9 Å². The molecule has 6 nitrogen and oxygen atoms in total. The van der Waals surface area contributed by atoms with Crippen LogP contribution in [0.3, 0.4) is 0 Å². The molecule has 120 valence electrons. The molecule has 0 aromatic heterocycles. The molecule has 1 heterocycles. The number of carboxylic acid groups (broad SMARTS) is 1. The maximum Gasteiger partial charge on any atom is 0.323 e. The van der Waals surface area contributed by atoms with Gasteiger partial charge in [0.1, 0.15) is 24.7 Å². The predicted octanol–water partition coefficient (Wildman–Crippen LogP) is 1.57. The topological polar surface area (TPSA) is 76.1 Å². The number of rotatable bonds is 5. The number of nitrogens with zero attached hydrogens (tertiary/aromatic N) is 1. The number of carbonyl (C=O) groups is 2. The highest BCUT2D eigenvalue weighted by atomic mass is 16.5. The number of aliphatic carboxylic acids is 1. The van der Waals surface area contributed by atoms with Gasteiger partial charge in [0, 0.05) is 6.04 Å². The first-order chi connectivity index (χ1) is 10.4. The number of hydrogen-bond donors (Lipinski definition) is 1. The number of hydrogen-bond acceptors (Lipinski definition) is 4. The first kappa shape index (κ1) is 16.1. The Balaban J connectivity index is 2.16. The minimum atomic E-state index is -1.01. The molecular weight excluding hydrogens is 286 g/mol. The molecule has 2 rings (SSSR count). The van der Waals surface area contributed by atoms with E-state index < -0.39 is 5.97 Å². The average Bonchev–Trinajstić information content (AvgIpc) is 2.50. The van der Waals surface area contributed by atoms with Crippen LogP contribution in [0.25, 0.3) is 0 Å². The van der Waals surface area contributed by atoms with Gasteiger partial charge in [-0.25, -0.2) is 0 Å². The average molecular weight is 307 g/mol. The van der Waals surface area contributed by atoms with E-state index in [1.807, 2.05) is 32.0 Å². The number of fused-ring (bicyclic) bond motifs is 1. The summed E-state index contributed by atoms with van der Waals surface area (Å²) >= 11 is 0. The van der Waals surface area contributed by atoms with Crippen LogP contribution in [0.4, 0.5) is 0 Å². The first-order valence-electron chi connectivity index (χ1n) is 7.24. The van der Waals surface area contributed by atoms with Crippen LogP contribution in [0.15, 0.2) is 18.2 Å². The highest BCUT2D eigenvalue weighted by molar-refractivity contribution is 5.84. The molecule has 1 atom stereocenters. The SMILES string of the molecule is COc1ccc2c(c1)CC(C(=O)N(CC(=O)O)C(C)C)CO2. The lowest BCUT2D eigenvalue weighted by Crippen LogP contribution is -2.46. The van der Waals surface area contributed by atoms with E-state index in [4.69, 9.17) is 14.6 Å². The van der Waals surface area contributed by atoms with Crippen molar-refractivity contribution < 1.29 is 24.2 Å². The van der Waals surface area contributed by atoms with E-state index in [9.17, 15) is 9.59 Å². The highest BCUT2D eigenvalue weighted by Gasteiger charge is 2.31. The van der Waals surface area contributed by atoms with Crippen molar-refractivity contribution in [1.82, 2.24) is 4.90 Å². The van der Waals surface area contributed by atoms with Crippen LogP contribution >= 0.6 is 0 Å². The van der Waals surface area contributed by atoms with Crippen LogP contribution in [-0.2, 0) is 16.0 Å². The first-order valence-corrected chi connectivity index (χ1v) is 7.24. The molecule has 1 unspecified atom stereocenters. The Morgan fingerprint density at radius 1 is 1.45 bits per heavy atom. The Morgan fingerprint density at radius 3 is 2.77 bits per heavy atom. The summed E-state index contributed by atoms with van der Waals surface area (Å²) in [4.78, 5) is 24.9. The number of methoxy groups -OCH3 is 1. The normalized spacial score (nSPS) is 16.6. The number of carbonyl (C=O) groups excluding carboxylic acids is 1. The molecule has 0 aliphatic carbocycles. The Morgan fingerprint density at radius 2 is 2.18 bits per heavy atom. The van der Waals surface area contributed by atoms with E-state index in [1.165, 1.54) is 4.90 Å². The molecule has 1 aliphatic rings. The highest BCUT2D eigenvalue weighted by Crippen LogP contribution is 2.31. The summed E-state index contributed by atoms with van der Waals surface area (Å²) < 4.78 is 10.8. The Kier molecular flexibility index (Phi) is 4.90. The second-order valence-electron chi connectivity index (χ2n) is 5.64. The van der Waals surface area contributed by atoms with E-state index >= 15 is 0 Å². The lowest BCUT2D eigenvalue weighted by Gasteiger charge is -2.32. The van der Waals surface area contributed by atoms with Crippen molar-refractivity contribution in [2.24, 2.45) is 5.92 Å². The third-order valence-electron chi connectivity index (χ3n) is 3.74. The smallest absolute Gasteiger partial charge is 0.323 e.